The van der Waals surface area contributed by atoms with Crippen molar-refractivity contribution >= 4 is 12.6 Å². The standard InChI is InChI=1S/C21H30F4N4O/c1-3-4-5-18(22)17(13-21(23,24)25)15-7-10-29(11-8-15)20(30)12-16-6-9-27-14-19(16)28-26-2/h3-5,15-16,19,27-28H,1-2,6-14H2/b5-4-,18-17-. The molecule has 0 aromatic carbocycles. The van der Waals surface area contributed by atoms with Gasteiger partial charge in [0.15, 0.2) is 0 Å². The fourth-order valence-corrected chi connectivity index (χ4v) is 4.16. The fourth-order valence-electron chi connectivity index (χ4n) is 4.16. The summed E-state index contributed by atoms with van der Waals surface area (Å²) in [5, 5.41) is 6.96. The van der Waals surface area contributed by atoms with Gasteiger partial charge in [-0.25, -0.2) is 4.39 Å². The van der Waals surface area contributed by atoms with Crippen LogP contribution in [-0.4, -0.2) is 55.9 Å². The molecule has 168 valence electrons. The number of carbonyl (C=O) groups excluding carboxylic acids is 1. The Morgan fingerprint density at radius 3 is 2.57 bits per heavy atom. The molecule has 0 spiro atoms. The van der Waals surface area contributed by atoms with Crippen LogP contribution in [0.4, 0.5) is 17.6 Å². The highest BCUT2D eigenvalue weighted by atomic mass is 19.4. The van der Waals surface area contributed by atoms with Gasteiger partial charge in [0.25, 0.3) is 0 Å². The van der Waals surface area contributed by atoms with Crippen molar-refractivity contribution in [2.45, 2.75) is 44.3 Å². The van der Waals surface area contributed by atoms with Gasteiger partial charge < -0.3 is 15.6 Å². The summed E-state index contributed by atoms with van der Waals surface area (Å²) in [5.74, 6) is -1.31. The van der Waals surface area contributed by atoms with E-state index < -0.39 is 24.3 Å². The van der Waals surface area contributed by atoms with E-state index in [1.54, 1.807) is 4.90 Å². The summed E-state index contributed by atoms with van der Waals surface area (Å²) < 4.78 is 53.3. The minimum atomic E-state index is -4.49. The van der Waals surface area contributed by atoms with E-state index in [2.05, 4.69) is 29.1 Å². The van der Waals surface area contributed by atoms with Gasteiger partial charge in [-0.1, -0.05) is 18.7 Å². The number of allylic oxidation sites excluding steroid dienone is 5. The van der Waals surface area contributed by atoms with Crippen LogP contribution in [0.2, 0.25) is 0 Å². The number of alkyl halides is 3. The molecule has 2 aliphatic heterocycles. The van der Waals surface area contributed by atoms with Gasteiger partial charge in [0, 0.05) is 32.8 Å². The first-order valence-electron chi connectivity index (χ1n) is 10.2. The van der Waals surface area contributed by atoms with Crippen LogP contribution < -0.4 is 10.7 Å². The number of hydrazone groups is 1. The number of nitrogens with zero attached hydrogens (tertiary/aromatic N) is 2. The summed E-state index contributed by atoms with van der Waals surface area (Å²) in [6.07, 6.45) is -0.348. The Morgan fingerprint density at radius 2 is 1.97 bits per heavy atom. The Balaban J connectivity index is 1.98. The highest BCUT2D eigenvalue weighted by molar-refractivity contribution is 5.76. The minimum Gasteiger partial charge on any atom is -0.343 e. The number of piperidine rings is 2. The zero-order valence-corrected chi connectivity index (χ0v) is 17.1. The molecule has 0 aromatic heterocycles. The van der Waals surface area contributed by atoms with Gasteiger partial charge in [0.1, 0.15) is 5.83 Å². The van der Waals surface area contributed by atoms with Gasteiger partial charge in [-0.2, -0.15) is 18.3 Å². The highest BCUT2D eigenvalue weighted by Gasteiger charge is 2.36. The molecule has 0 radical (unpaired) electrons. The molecule has 5 nitrogen and oxygen atoms in total. The predicted molar refractivity (Wildman–Crippen MR) is 110 cm³/mol. The number of likely N-dealkylation sites (tertiary alicyclic amines) is 1. The maximum atomic E-state index is 14.4. The van der Waals surface area contributed by atoms with Crippen LogP contribution in [0.3, 0.4) is 0 Å². The number of hydrogen-bond acceptors (Lipinski definition) is 4. The lowest BCUT2D eigenvalue weighted by atomic mass is 9.85. The molecular formula is C21H30F4N4O. The first-order valence-corrected chi connectivity index (χ1v) is 10.2. The molecule has 2 fully saturated rings. The monoisotopic (exact) mass is 430 g/mol. The van der Waals surface area contributed by atoms with E-state index in [4.69, 9.17) is 0 Å². The lowest BCUT2D eigenvalue weighted by Gasteiger charge is -2.36. The van der Waals surface area contributed by atoms with E-state index >= 15 is 0 Å². The van der Waals surface area contributed by atoms with Crippen LogP contribution in [0.15, 0.2) is 41.3 Å². The summed E-state index contributed by atoms with van der Waals surface area (Å²) in [6.45, 7) is 9.01. The third kappa shape index (κ3) is 7.27. The lowest BCUT2D eigenvalue weighted by Crippen LogP contribution is -2.49. The van der Waals surface area contributed by atoms with Crippen LogP contribution in [0.25, 0.3) is 0 Å². The Labute approximate surface area is 175 Å². The average Bonchev–Trinajstić information content (AvgIpc) is 2.71. The van der Waals surface area contributed by atoms with Crippen LogP contribution in [-0.2, 0) is 4.79 Å². The Hall–Kier alpha value is -2.16. The summed E-state index contributed by atoms with van der Waals surface area (Å²) in [7, 11) is 0. The first kappa shape index (κ1) is 24.1. The summed E-state index contributed by atoms with van der Waals surface area (Å²) in [4.78, 5) is 14.4. The maximum Gasteiger partial charge on any atom is 0.392 e. The van der Waals surface area contributed by atoms with E-state index in [0.29, 0.717) is 38.9 Å². The van der Waals surface area contributed by atoms with Gasteiger partial charge in [-0.3, -0.25) is 4.79 Å². The molecule has 0 aromatic rings. The first-order chi connectivity index (χ1) is 14.2. The van der Waals surface area contributed by atoms with Gasteiger partial charge >= 0.3 is 6.18 Å². The van der Waals surface area contributed by atoms with E-state index in [1.165, 1.54) is 12.2 Å². The van der Waals surface area contributed by atoms with Crippen molar-refractivity contribution in [3.63, 3.8) is 0 Å². The molecule has 0 bridgehead atoms. The van der Waals surface area contributed by atoms with Crippen LogP contribution in [0.5, 0.6) is 0 Å². The molecule has 2 saturated heterocycles. The maximum absolute atomic E-state index is 14.4. The van der Waals surface area contributed by atoms with Crippen molar-refractivity contribution in [2.24, 2.45) is 16.9 Å². The minimum absolute atomic E-state index is 0.0183. The molecule has 2 unspecified atom stereocenters. The van der Waals surface area contributed by atoms with E-state index in [-0.39, 0.29) is 23.4 Å². The van der Waals surface area contributed by atoms with E-state index in [0.717, 1.165) is 19.0 Å². The quantitative estimate of drug-likeness (QED) is 0.267. The van der Waals surface area contributed by atoms with Gasteiger partial charge in [0.05, 0.1) is 12.5 Å². The summed E-state index contributed by atoms with van der Waals surface area (Å²) in [5.41, 5.74) is 2.69. The third-order valence-electron chi connectivity index (χ3n) is 5.74. The smallest absolute Gasteiger partial charge is 0.343 e. The van der Waals surface area contributed by atoms with Crippen molar-refractivity contribution < 1.29 is 22.4 Å². The van der Waals surface area contributed by atoms with E-state index in [1.807, 2.05) is 0 Å². The Morgan fingerprint density at radius 1 is 1.27 bits per heavy atom. The van der Waals surface area contributed by atoms with Gasteiger partial charge in [-0.05, 0) is 49.3 Å². The van der Waals surface area contributed by atoms with Crippen LogP contribution in [0.1, 0.15) is 32.1 Å². The second kappa shape index (κ2) is 11.3. The topological polar surface area (TPSA) is 56.7 Å². The third-order valence-corrected chi connectivity index (χ3v) is 5.74. The normalized spacial score (nSPS) is 24.5. The Kier molecular flexibility index (Phi) is 9.08. The number of nitrogens with one attached hydrogen (secondary N) is 2. The second-order valence-electron chi connectivity index (χ2n) is 7.77. The zero-order chi connectivity index (χ0) is 22.1. The molecule has 9 heteroatoms. The molecule has 0 saturated carbocycles. The largest absolute Gasteiger partial charge is 0.392 e. The highest BCUT2D eigenvalue weighted by Crippen LogP contribution is 2.36. The molecular weight excluding hydrogens is 400 g/mol. The second-order valence-corrected chi connectivity index (χ2v) is 7.77. The molecule has 2 heterocycles. The number of carbonyl (C=O) groups is 1. The lowest BCUT2D eigenvalue weighted by molar-refractivity contribution is -0.135. The van der Waals surface area contributed by atoms with Crippen molar-refractivity contribution in [3.05, 3.63) is 36.2 Å². The number of rotatable bonds is 8. The number of amides is 1. The molecule has 2 aliphatic rings. The zero-order valence-electron chi connectivity index (χ0n) is 17.1. The van der Waals surface area contributed by atoms with Crippen molar-refractivity contribution in [2.75, 3.05) is 26.2 Å². The summed E-state index contributed by atoms with van der Waals surface area (Å²) in [6, 6.07) is 0.0183. The molecule has 2 rings (SSSR count). The Bertz CT molecular complexity index is 666. The molecule has 2 atom stereocenters. The van der Waals surface area contributed by atoms with Crippen LogP contribution >= 0.6 is 0 Å². The van der Waals surface area contributed by atoms with E-state index in [9.17, 15) is 22.4 Å². The fraction of sp³-hybridized carbons (Fsp3) is 0.619. The number of halogens is 4. The van der Waals surface area contributed by atoms with Crippen molar-refractivity contribution in [1.82, 2.24) is 15.6 Å². The molecule has 2 N–H and O–H groups in total. The number of hydrogen-bond donors (Lipinski definition) is 2. The summed E-state index contributed by atoms with van der Waals surface area (Å²) >= 11 is 0. The molecule has 1 amide bonds. The van der Waals surface area contributed by atoms with Crippen molar-refractivity contribution in [1.29, 1.82) is 0 Å². The molecule has 0 aliphatic carbocycles. The average molecular weight is 430 g/mol. The van der Waals surface area contributed by atoms with Crippen LogP contribution in [0, 0.1) is 11.8 Å². The van der Waals surface area contributed by atoms with Crippen molar-refractivity contribution in [3.8, 4) is 0 Å². The van der Waals surface area contributed by atoms with Gasteiger partial charge in [0.2, 0.25) is 5.91 Å². The predicted octanol–water partition coefficient (Wildman–Crippen LogP) is 3.72. The van der Waals surface area contributed by atoms with Gasteiger partial charge in [-0.15, -0.1) is 0 Å². The SMILES string of the molecule is C=C/C=C\C(F)=C(/CC(F)(F)F)C1CCN(C(=O)CC2CCNCC2NN=C)CC1. The molecule has 30 heavy (non-hydrogen) atoms.